The van der Waals surface area contributed by atoms with Crippen LogP contribution in [0.1, 0.15) is 37.4 Å². The lowest BCUT2D eigenvalue weighted by Crippen LogP contribution is -2.55. The molecule has 20 heavy (non-hydrogen) atoms. The molecule has 0 aromatic heterocycles. The maximum Gasteiger partial charge on any atom is 0.256 e. The van der Waals surface area contributed by atoms with E-state index >= 15 is 0 Å². The third kappa shape index (κ3) is 2.58. The standard InChI is InChI=1S/C16H21NO3/c18-15(12-6-2-1-3-7-12)16(19)17-10-11-20-14-9-5-4-8-13(14)17/h1-3,6-7,13-15,18H,4-5,8-11H2. The molecular formula is C16H21NO3. The quantitative estimate of drug-likeness (QED) is 0.896. The Balaban J connectivity index is 1.75. The third-order valence-corrected chi connectivity index (χ3v) is 4.36. The molecule has 1 aliphatic carbocycles. The van der Waals surface area contributed by atoms with Crippen molar-refractivity contribution < 1.29 is 14.6 Å². The molecule has 2 fully saturated rings. The van der Waals surface area contributed by atoms with Crippen molar-refractivity contribution in [3.8, 4) is 0 Å². The summed E-state index contributed by atoms with van der Waals surface area (Å²) in [5, 5.41) is 10.3. The number of nitrogens with zero attached hydrogens (tertiary/aromatic N) is 1. The normalized spacial score (nSPS) is 27.8. The zero-order valence-electron chi connectivity index (χ0n) is 11.6. The molecule has 3 rings (SSSR count). The van der Waals surface area contributed by atoms with Crippen LogP contribution >= 0.6 is 0 Å². The van der Waals surface area contributed by atoms with E-state index in [4.69, 9.17) is 4.74 Å². The molecule has 0 radical (unpaired) electrons. The van der Waals surface area contributed by atoms with Crippen molar-refractivity contribution in [2.24, 2.45) is 0 Å². The molecule has 1 aromatic carbocycles. The van der Waals surface area contributed by atoms with Crippen molar-refractivity contribution in [1.29, 1.82) is 0 Å². The highest BCUT2D eigenvalue weighted by molar-refractivity contribution is 5.82. The van der Waals surface area contributed by atoms with E-state index in [-0.39, 0.29) is 18.1 Å². The molecule has 2 aliphatic rings. The van der Waals surface area contributed by atoms with E-state index in [0.29, 0.717) is 18.7 Å². The summed E-state index contributed by atoms with van der Waals surface area (Å²) < 4.78 is 5.77. The first-order chi connectivity index (χ1) is 9.77. The van der Waals surface area contributed by atoms with Gasteiger partial charge in [-0.2, -0.15) is 0 Å². The van der Waals surface area contributed by atoms with E-state index in [1.807, 2.05) is 23.1 Å². The highest BCUT2D eigenvalue weighted by Crippen LogP contribution is 2.30. The first-order valence-corrected chi connectivity index (χ1v) is 7.42. The van der Waals surface area contributed by atoms with Gasteiger partial charge < -0.3 is 14.7 Å². The lowest BCUT2D eigenvalue weighted by atomic mass is 9.89. The van der Waals surface area contributed by atoms with Crippen molar-refractivity contribution in [3.05, 3.63) is 35.9 Å². The van der Waals surface area contributed by atoms with Crippen LogP contribution in [0, 0.1) is 0 Å². The average Bonchev–Trinajstić information content (AvgIpc) is 2.54. The summed E-state index contributed by atoms with van der Waals surface area (Å²) in [6, 6.07) is 9.29. The molecule has 1 aliphatic heterocycles. The van der Waals surface area contributed by atoms with Gasteiger partial charge in [-0.15, -0.1) is 0 Å². The predicted molar refractivity (Wildman–Crippen MR) is 75.1 cm³/mol. The number of amides is 1. The van der Waals surface area contributed by atoms with Gasteiger partial charge in [-0.05, 0) is 18.4 Å². The minimum Gasteiger partial charge on any atom is -0.378 e. The van der Waals surface area contributed by atoms with E-state index in [1.165, 1.54) is 6.42 Å². The zero-order chi connectivity index (χ0) is 13.9. The number of hydrogen-bond donors (Lipinski definition) is 1. The Morgan fingerprint density at radius 2 is 2.00 bits per heavy atom. The first-order valence-electron chi connectivity index (χ1n) is 7.42. The molecule has 3 unspecified atom stereocenters. The molecule has 1 N–H and O–H groups in total. The Bertz CT molecular complexity index is 460. The second-order valence-corrected chi connectivity index (χ2v) is 5.61. The largest absolute Gasteiger partial charge is 0.378 e. The summed E-state index contributed by atoms with van der Waals surface area (Å²) in [5.41, 5.74) is 0.663. The highest BCUT2D eigenvalue weighted by Gasteiger charge is 2.38. The Kier molecular flexibility index (Phi) is 4.03. The fraction of sp³-hybridized carbons (Fsp3) is 0.562. The number of carbonyl (C=O) groups is 1. The lowest BCUT2D eigenvalue weighted by molar-refractivity contribution is -0.158. The number of fused-ring (bicyclic) bond motifs is 1. The number of aliphatic hydroxyl groups is 1. The molecule has 4 nitrogen and oxygen atoms in total. The number of morpholine rings is 1. The first kappa shape index (κ1) is 13.6. The number of hydrogen-bond acceptors (Lipinski definition) is 3. The maximum absolute atomic E-state index is 12.6. The maximum atomic E-state index is 12.6. The van der Waals surface area contributed by atoms with Crippen LogP contribution in [0.3, 0.4) is 0 Å². The van der Waals surface area contributed by atoms with Gasteiger partial charge >= 0.3 is 0 Å². The molecule has 0 spiro atoms. The fourth-order valence-electron chi connectivity index (χ4n) is 3.31. The van der Waals surface area contributed by atoms with Crippen LogP contribution in [-0.4, -0.2) is 41.2 Å². The Morgan fingerprint density at radius 3 is 2.80 bits per heavy atom. The van der Waals surface area contributed by atoms with Gasteiger partial charge in [-0.3, -0.25) is 4.79 Å². The minimum atomic E-state index is -1.06. The van der Waals surface area contributed by atoms with Gasteiger partial charge in [-0.25, -0.2) is 0 Å². The number of benzene rings is 1. The van der Waals surface area contributed by atoms with Crippen molar-refractivity contribution in [2.75, 3.05) is 13.2 Å². The molecule has 108 valence electrons. The molecule has 3 atom stereocenters. The topological polar surface area (TPSA) is 49.8 Å². The highest BCUT2D eigenvalue weighted by atomic mass is 16.5. The van der Waals surface area contributed by atoms with Crippen LogP contribution in [0.15, 0.2) is 30.3 Å². The second kappa shape index (κ2) is 5.94. The van der Waals surface area contributed by atoms with E-state index in [0.717, 1.165) is 19.3 Å². The Labute approximate surface area is 119 Å². The van der Waals surface area contributed by atoms with E-state index < -0.39 is 6.10 Å². The molecule has 1 aromatic rings. The van der Waals surface area contributed by atoms with Gasteiger partial charge in [0.15, 0.2) is 6.10 Å². The summed E-state index contributed by atoms with van der Waals surface area (Å²) in [6.07, 6.45) is 3.41. The van der Waals surface area contributed by atoms with Crippen LogP contribution in [0.2, 0.25) is 0 Å². The smallest absolute Gasteiger partial charge is 0.256 e. The molecule has 1 heterocycles. The van der Waals surface area contributed by atoms with Crippen molar-refractivity contribution in [2.45, 2.75) is 43.9 Å². The minimum absolute atomic E-state index is 0.142. The SMILES string of the molecule is O=C(C(O)c1ccccc1)N1CCOC2CCCCC21. The van der Waals surface area contributed by atoms with Gasteiger partial charge in [0.05, 0.1) is 18.8 Å². The van der Waals surface area contributed by atoms with E-state index in [9.17, 15) is 9.90 Å². The average molecular weight is 275 g/mol. The van der Waals surface area contributed by atoms with Crippen LogP contribution < -0.4 is 0 Å². The fourth-order valence-corrected chi connectivity index (χ4v) is 3.31. The summed E-state index contributed by atoms with van der Waals surface area (Å²) in [4.78, 5) is 14.4. The number of carbonyl (C=O) groups excluding carboxylic acids is 1. The van der Waals surface area contributed by atoms with Gasteiger partial charge in [0.25, 0.3) is 5.91 Å². The number of aliphatic hydroxyl groups excluding tert-OH is 1. The summed E-state index contributed by atoms with van der Waals surface area (Å²) in [6.45, 7) is 1.16. The summed E-state index contributed by atoms with van der Waals surface area (Å²) in [5.74, 6) is -0.184. The number of ether oxygens (including phenoxy) is 1. The van der Waals surface area contributed by atoms with Gasteiger partial charge in [0, 0.05) is 6.54 Å². The van der Waals surface area contributed by atoms with Gasteiger partial charge in [0.1, 0.15) is 0 Å². The van der Waals surface area contributed by atoms with Crippen molar-refractivity contribution in [3.63, 3.8) is 0 Å². The van der Waals surface area contributed by atoms with Crippen LogP contribution in [0.4, 0.5) is 0 Å². The molecule has 1 amide bonds. The third-order valence-electron chi connectivity index (χ3n) is 4.36. The van der Waals surface area contributed by atoms with Crippen LogP contribution in [0.25, 0.3) is 0 Å². The molecule has 4 heteroatoms. The monoisotopic (exact) mass is 275 g/mol. The van der Waals surface area contributed by atoms with Crippen LogP contribution in [-0.2, 0) is 9.53 Å². The van der Waals surface area contributed by atoms with E-state index in [1.54, 1.807) is 12.1 Å². The lowest BCUT2D eigenvalue weighted by Gasteiger charge is -2.44. The van der Waals surface area contributed by atoms with Crippen LogP contribution in [0.5, 0.6) is 0 Å². The Morgan fingerprint density at radius 1 is 1.25 bits per heavy atom. The van der Waals surface area contributed by atoms with Gasteiger partial charge in [-0.1, -0.05) is 43.2 Å². The summed E-state index contributed by atoms with van der Waals surface area (Å²) >= 11 is 0. The van der Waals surface area contributed by atoms with Crippen molar-refractivity contribution in [1.82, 2.24) is 4.90 Å². The van der Waals surface area contributed by atoms with Crippen molar-refractivity contribution >= 4 is 5.91 Å². The second-order valence-electron chi connectivity index (χ2n) is 5.61. The molecular weight excluding hydrogens is 254 g/mol. The zero-order valence-corrected chi connectivity index (χ0v) is 11.6. The molecule has 0 bridgehead atoms. The molecule has 1 saturated carbocycles. The Hall–Kier alpha value is -1.39. The summed E-state index contributed by atoms with van der Waals surface area (Å²) in [7, 11) is 0. The van der Waals surface area contributed by atoms with E-state index in [2.05, 4.69) is 0 Å². The number of rotatable bonds is 2. The van der Waals surface area contributed by atoms with Gasteiger partial charge in [0.2, 0.25) is 0 Å². The molecule has 1 saturated heterocycles. The predicted octanol–water partition coefficient (Wildman–Crippen LogP) is 1.89.